The molecule has 0 radical (unpaired) electrons. The highest BCUT2D eigenvalue weighted by molar-refractivity contribution is 8.76. The molecule has 0 bridgehead atoms. The summed E-state index contributed by atoms with van der Waals surface area (Å²) in [5.41, 5.74) is 7.01. The van der Waals surface area contributed by atoms with E-state index >= 15 is 0 Å². The van der Waals surface area contributed by atoms with Crippen molar-refractivity contribution >= 4 is 21.6 Å². The summed E-state index contributed by atoms with van der Waals surface area (Å²) in [6.07, 6.45) is 2.97. The van der Waals surface area contributed by atoms with Crippen LogP contribution in [0, 0.1) is 0 Å². The van der Waals surface area contributed by atoms with Crippen LogP contribution in [0.4, 0.5) is 0 Å². The van der Waals surface area contributed by atoms with Gasteiger partial charge in [0.15, 0.2) is 0 Å². The minimum atomic E-state index is 0.182. The second kappa shape index (κ2) is 9.55. The second-order valence-electron chi connectivity index (χ2n) is 4.11. The molecule has 0 spiro atoms. The van der Waals surface area contributed by atoms with Gasteiger partial charge >= 0.3 is 0 Å². The van der Waals surface area contributed by atoms with Gasteiger partial charge in [-0.1, -0.05) is 33.7 Å². The van der Waals surface area contributed by atoms with Crippen LogP contribution in [0.3, 0.4) is 0 Å². The normalized spacial score (nSPS) is 12.4. The van der Waals surface area contributed by atoms with Gasteiger partial charge in [-0.3, -0.25) is 5.32 Å². The Morgan fingerprint density at radius 1 is 1.44 bits per heavy atom. The fourth-order valence-corrected chi connectivity index (χ4v) is 2.68. The summed E-state index contributed by atoms with van der Waals surface area (Å²) in [5, 5.41) is 3.25. The monoisotopic (exact) mass is 286 g/mol. The Hall–Kier alpha value is -0.360. The Kier molecular flexibility index (Phi) is 8.33. The van der Waals surface area contributed by atoms with E-state index in [1.165, 1.54) is 5.56 Å². The van der Waals surface area contributed by atoms with Crippen molar-refractivity contribution < 1.29 is 4.74 Å². The molecule has 0 aliphatic rings. The number of ether oxygens (including phenoxy) is 1. The van der Waals surface area contributed by atoms with Crippen molar-refractivity contribution in [1.29, 1.82) is 0 Å². The zero-order valence-electron chi connectivity index (χ0n) is 11.0. The molecule has 1 atom stereocenters. The summed E-state index contributed by atoms with van der Waals surface area (Å²) in [5.74, 6) is 1.99. The number of benzene rings is 1. The van der Waals surface area contributed by atoms with Crippen LogP contribution < -0.4 is 15.8 Å². The Bertz CT molecular complexity index is 335. The maximum absolute atomic E-state index is 5.79. The third-order valence-electron chi connectivity index (χ3n) is 2.28. The van der Waals surface area contributed by atoms with Gasteiger partial charge in [-0.2, -0.15) is 0 Å². The van der Waals surface area contributed by atoms with E-state index in [2.05, 4.69) is 23.7 Å². The molecule has 0 heterocycles. The predicted octanol–water partition coefficient (Wildman–Crippen LogP) is 2.51. The van der Waals surface area contributed by atoms with Gasteiger partial charge in [-0.15, -0.1) is 0 Å². The van der Waals surface area contributed by atoms with Gasteiger partial charge in [0.1, 0.15) is 12.5 Å². The van der Waals surface area contributed by atoms with Crippen molar-refractivity contribution in [2.75, 3.05) is 25.3 Å². The summed E-state index contributed by atoms with van der Waals surface area (Å²) in [6.45, 7) is 3.53. The van der Waals surface area contributed by atoms with Gasteiger partial charge in [0.25, 0.3) is 0 Å². The van der Waals surface area contributed by atoms with Gasteiger partial charge < -0.3 is 10.5 Å². The molecule has 5 heteroatoms. The molecule has 0 aliphatic heterocycles. The molecule has 0 fully saturated rings. The highest BCUT2D eigenvalue weighted by atomic mass is 33.1. The molecule has 102 valence electrons. The molecule has 18 heavy (non-hydrogen) atoms. The number of nitrogens with two attached hydrogens (primary N) is 1. The lowest BCUT2D eigenvalue weighted by Gasteiger charge is -2.10. The maximum Gasteiger partial charge on any atom is 0.139 e. The molecule has 0 saturated carbocycles. The SMILES string of the molecule is CSSCCNCOc1cccc(CC(C)N)c1. The first-order valence-corrected chi connectivity index (χ1v) is 8.78. The van der Waals surface area contributed by atoms with E-state index in [0.717, 1.165) is 24.5 Å². The molecule has 0 aliphatic carbocycles. The van der Waals surface area contributed by atoms with Gasteiger partial charge in [0.05, 0.1) is 0 Å². The first-order chi connectivity index (χ1) is 8.72. The molecular formula is C13H22N2OS2. The van der Waals surface area contributed by atoms with Gasteiger partial charge in [0.2, 0.25) is 0 Å². The van der Waals surface area contributed by atoms with E-state index in [1.54, 1.807) is 10.8 Å². The van der Waals surface area contributed by atoms with E-state index in [1.807, 2.05) is 29.9 Å². The zero-order chi connectivity index (χ0) is 13.2. The molecule has 3 nitrogen and oxygen atoms in total. The summed E-state index contributed by atoms with van der Waals surface area (Å²) in [7, 11) is 3.64. The fraction of sp³-hybridized carbons (Fsp3) is 0.538. The average Bonchev–Trinajstić information content (AvgIpc) is 2.33. The molecule has 1 unspecified atom stereocenters. The Balaban J connectivity index is 2.25. The van der Waals surface area contributed by atoms with Crippen LogP contribution in [0.25, 0.3) is 0 Å². The Morgan fingerprint density at radius 2 is 2.28 bits per heavy atom. The standard InChI is InChI=1S/C13H22N2OS2/c1-11(14)8-12-4-3-5-13(9-12)16-10-15-6-7-18-17-2/h3-5,9,11,15H,6-8,10,14H2,1-2H3. The van der Waals surface area contributed by atoms with E-state index in [9.17, 15) is 0 Å². The summed E-state index contributed by atoms with van der Waals surface area (Å²) >= 11 is 0. The first-order valence-electron chi connectivity index (χ1n) is 6.06. The van der Waals surface area contributed by atoms with E-state index in [4.69, 9.17) is 10.5 Å². The fourth-order valence-electron chi connectivity index (χ4n) is 1.54. The van der Waals surface area contributed by atoms with Crippen LogP contribution in [-0.4, -0.2) is 31.3 Å². The quantitative estimate of drug-likeness (QED) is 0.415. The summed E-state index contributed by atoms with van der Waals surface area (Å²) in [6, 6.07) is 8.31. The highest BCUT2D eigenvalue weighted by Crippen LogP contribution is 2.15. The summed E-state index contributed by atoms with van der Waals surface area (Å²) in [4.78, 5) is 0. The van der Waals surface area contributed by atoms with Gasteiger partial charge in [-0.25, -0.2) is 0 Å². The van der Waals surface area contributed by atoms with Crippen molar-refractivity contribution in [3.05, 3.63) is 29.8 Å². The number of hydrogen-bond acceptors (Lipinski definition) is 5. The van der Waals surface area contributed by atoms with E-state index in [0.29, 0.717) is 6.73 Å². The average molecular weight is 286 g/mol. The van der Waals surface area contributed by atoms with Gasteiger partial charge in [0, 0.05) is 18.3 Å². The van der Waals surface area contributed by atoms with Crippen molar-refractivity contribution in [2.24, 2.45) is 5.73 Å². The molecular weight excluding hydrogens is 264 g/mol. The lowest BCUT2D eigenvalue weighted by molar-refractivity contribution is 0.287. The molecule has 0 saturated heterocycles. The predicted molar refractivity (Wildman–Crippen MR) is 83.3 cm³/mol. The lowest BCUT2D eigenvalue weighted by Crippen LogP contribution is -2.22. The molecule has 1 aromatic carbocycles. The van der Waals surface area contributed by atoms with Crippen LogP contribution in [0.2, 0.25) is 0 Å². The summed E-state index contributed by atoms with van der Waals surface area (Å²) < 4.78 is 5.64. The molecule has 1 rings (SSSR count). The minimum Gasteiger partial charge on any atom is -0.478 e. The first kappa shape index (κ1) is 15.7. The van der Waals surface area contributed by atoms with Gasteiger partial charge in [-0.05, 0) is 37.3 Å². The minimum absolute atomic E-state index is 0.182. The molecule has 3 N–H and O–H groups in total. The Labute approximate surface area is 118 Å². The van der Waals surface area contributed by atoms with Crippen LogP contribution in [-0.2, 0) is 6.42 Å². The van der Waals surface area contributed by atoms with Crippen molar-refractivity contribution in [3.63, 3.8) is 0 Å². The number of hydrogen-bond donors (Lipinski definition) is 2. The van der Waals surface area contributed by atoms with Crippen molar-refractivity contribution in [3.8, 4) is 5.75 Å². The van der Waals surface area contributed by atoms with Crippen LogP contribution in [0.1, 0.15) is 12.5 Å². The lowest BCUT2D eigenvalue weighted by atomic mass is 10.1. The van der Waals surface area contributed by atoms with Crippen molar-refractivity contribution in [2.45, 2.75) is 19.4 Å². The number of nitrogens with one attached hydrogen (secondary N) is 1. The topological polar surface area (TPSA) is 47.3 Å². The van der Waals surface area contributed by atoms with Crippen LogP contribution in [0.5, 0.6) is 5.75 Å². The van der Waals surface area contributed by atoms with Crippen LogP contribution in [0.15, 0.2) is 24.3 Å². The zero-order valence-corrected chi connectivity index (χ0v) is 12.7. The smallest absolute Gasteiger partial charge is 0.139 e. The third kappa shape index (κ3) is 7.16. The van der Waals surface area contributed by atoms with E-state index in [-0.39, 0.29) is 6.04 Å². The molecule has 0 aromatic heterocycles. The van der Waals surface area contributed by atoms with Crippen LogP contribution >= 0.6 is 21.6 Å². The van der Waals surface area contributed by atoms with Crippen molar-refractivity contribution in [1.82, 2.24) is 5.32 Å². The maximum atomic E-state index is 5.79. The third-order valence-corrected chi connectivity index (χ3v) is 4.09. The Morgan fingerprint density at radius 3 is 3.00 bits per heavy atom. The highest BCUT2D eigenvalue weighted by Gasteiger charge is 2.00. The molecule has 1 aromatic rings. The number of rotatable bonds is 9. The second-order valence-corrected chi connectivity index (χ2v) is 6.79. The molecule has 0 amide bonds. The largest absolute Gasteiger partial charge is 0.478 e. The van der Waals surface area contributed by atoms with E-state index < -0.39 is 0 Å².